The zero-order valence-electron chi connectivity index (χ0n) is 10.8. The summed E-state index contributed by atoms with van der Waals surface area (Å²) in [4.78, 5) is 2.57. The molecule has 2 N–H and O–H groups in total. The molecule has 0 saturated heterocycles. The Labute approximate surface area is 116 Å². The topological polar surface area (TPSA) is 89.2 Å². The first-order valence-corrected chi connectivity index (χ1v) is 6.24. The van der Waals surface area contributed by atoms with Crippen LogP contribution in [0.3, 0.4) is 0 Å². The highest BCUT2D eigenvalue weighted by atomic mass is 16.3. The van der Waals surface area contributed by atoms with Gasteiger partial charge in [-0.2, -0.15) is 0 Å². The first kappa shape index (κ1) is 14.1. The molecule has 0 aliphatic rings. The summed E-state index contributed by atoms with van der Waals surface area (Å²) in [7, 11) is 0. The van der Waals surface area contributed by atoms with Crippen molar-refractivity contribution in [2.75, 3.05) is 6.54 Å². The fraction of sp³-hybridized carbons (Fsp3) is 0.200. The molecule has 0 spiro atoms. The van der Waals surface area contributed by atoms with Gasteiger partial charge in [-0.15, -0.1) is 0 Å². The van der Waals surface area contributed by atoms with Gasteiger partial charge < -0.3 is 10.2 Å². The van der Waals surface area contributed by atoms with E-state index in [1.807, 2.05) is 48.5 Å². The molecule has 0 radical (unpaired) electrons. The molecular weight excluding hydrogens is 254 g/mol. The van der Waals surface area contributed by atoms with Gasteiger partial charge >= 0.3 is 0 Å². The molecule has 0 bridgehead atoms. The van der Waals surface area contributed by atoms with Crippen molar-refractivity contribution in [3.63, 3.8) is 0 Å². The van der Waals surface area contributed by atoms with Crippen LogP contribution in [0.15, 0.2) is 59.7 Å². The molecule has 5 nitrogen and oxygen atoms in total. The molecule has 2 aromatic carbocycles. The Morgan fingerprint density at radius 1 is 1.00 bits per heavy atom. The van der Waals surface area contributed by atoms with E-state index in [1.54, 1.807) is 6.07 Å². The van der Waals surface area contributed by atoms with Gasteiger partial charge in [-0.3, -0.25) is 0 Å². The first-order chi connectivity index (χ1) is 9.72. The first-order valence-electron chi connectivity index (χ1n) is 6.24. The van der Waals surface area contributed by atoms with E-state index in [9.17, 15) is 10.2 Å². The second kappa shape index (κ2) is 6.73. The van der Waals surface area contributed by atoms with Gasteiger partial charge in [0.15, 0.2) is 0 Å². The van der Waals surface area contributed by atoms with Crippen LogP contribution in [-0.2, 0) is 0 Å². The third kappa shape index (κ3) is 3.36. The van der Waals surface area contributed by atoms with Crippen LogP contribution in [0.1, 0.15) is 11.7 Å². The molecule has 2 aromatic rings. The van der Waals surface area contributed by atoms with Crippen LogP contribution in [0.5, 0.6) is 0 Å². The molecule has 20 heavy (non-hydrogen) atoms. The lowest BCUT2D eigenvalue weighted by Crippen LogP contribution is -2.21. The lowest BCUT2D eigenvalue weighted by Gasteiger charge is -2.17. The summed E-state index contributed by atoms with van der Waals surface area (Å²) in [5, 5.41) is 23.1. The molecule has 2 atom stereocenters. The summed E-state index contributed by atoms with van der Waals surface area (Å²) in [5.74, 6) is 0. The van der Waals surface area contributed by atoms with Crippen molar-refractivity contribution in [2.45, 2.75) is 12.2 Å². The van der Waals surface area contributed by atoms with E-state index in [0.29, 0.717) is 5.56 Å². The number of hydrogen-bond acceptors (Lipinski definition) is 3. The number of nitrogens with zero attached hydrogens (tertiary/aromatic N) is 3. The highest BCUT2D eigenvalue weighted by Crippen LogP contribution is 2.24. The van der Waals surface area contributed by atoms with E-state index in [1.165, 1.54) is 0 Å². The quantitative estimate of drug-likeness (QED) is 0.496. The van der Waals surface area contributed by atoms with E-state index in [0.717, 1.165) is 11.1 Å². The molecule has 0 aromatic heterocycles. The van der Waals surface area contributed by atoms with Crippen molar-refractivity contribution in [3.8, 4) is 11.1 Å². The Morgan fingerprint density at radius 2 is 1.70 bits per heavy atom. The smallest absolute Gasteiger partial charge is 0.105 e. The number of rotatable bonds is 5. The maximum absolute atomic E-state index is 10.1. The Hall–Kier alpha value is -2.33. The fourth-order valence-electron chi connectivity index (χ4n) is 1.97. The molecule has 0 heterocycles. The van der Waals surface area contributed by atoms with Crippen molar-refractivity contribution in [2.24, 2.45) is 5.11 Å². The summed E-state index contributed by atoms with van der Waals surface area (Å²) in [5.41, 5.74) is 10.8. The van der Waals surface area contributed by atoms with E-state index < -0.39 is 12.2 Å². The van der Waals surface area contributed by atoms with Gasteiger partial charge in [0.2, 0.25) is 0 Å². The van der Waals surface area contributed by atoms with Crippen LogP contribution in [0.4, 0.5) is 0 Å². The van der Waals surface area contributed by atoms with Crippen molar-refractivity contribution < 1.29 is 10.2 Å². The van der Waals surface area contributed by atoms with E-state index >= 15 is 0 Å². The van der Waals surface area contributed by atoms with Crippen molar-refractivity contribution in [1.82, 2.24) is 0 Å². The summed E-state index contributed by atoms with van der Waals surface area (Å²) in [6.07, 6.45) is -2.19. The minimum Gasteiger partial charge on any atom is -0.390 e. The molecule has 5 heteroatoms. The normalized spacial score (nSPS) is 13.3. The average molecular weight is 269 g/mol. The lowest BCUT2D eigenvalue weighted by atomic mass is 9.98. The van der Waals surface area contributed by atoms with E-state index in [-0.39, 0.29) is 6.54 Å². The van der Waals surface area contributed by atoms with Gasteiger partial charge in [-0.1, -0.05) is 53.6 Å². The third-order valence-electron chi connectivity index (χ3n) is 3.03. The highest BCUT2D eigenvalue weighted by Gasteiger charge is 2.17. The van der Waals surface area contributed by atoms with E-state index in [2.05, 4.69) is 10.0 Å². The molecule has 0 amide bonds. The van der Waals surface area contributed by atoms with Crippen LogP contribution in [0.2, 0.25) is 0 Å². The summed E-state index contributed by atoms with van der Waals surface area (Å²) >= 11 is 0. The van der Waals surface area contributed by atoms with Crippen LogP contribution < -0.4 is 0 Å². The number of aliphatic hydroxyl groups excluding tert-OH is 2. The third-order valence-corrected chi connectivity index (χ3v) is 3.03. The molecule has 0 saturated carbocycles. The van der Waals surface area contributed by atoms with E-state index in [4.69, 9.17) is 5.53 Å². The Balaban J connectivity index is 2.23. The predicted octanol–water partition coefficient (Wildman–Crippen LogP) is 3.06. The second-order valence-electron chi connectivity index (χ2n) is 4.42. The largest absolute Gasteiger partial charge is 0.390 e. The lowest BCUT2D eigenvalue weighted by molar-refractivity contribution is 0.0244. The Kier molecular flexibility index (Phi) is 4.74. The fourth-order valence-corrected chi connectivity index (χ4v) is 1.97. The van der Waals surface area contributed by atoms with Gasteiger partial charge in [-0.05, 0) is 28.3 Å². The second-order valence-corrected chi connectivity index (χ2v) is 4.42. The van der Waals surface area contributed by atoms with Gasteiger partial charge in [-0.25, -0.2) is 0 Å². The average Bonchev–Trinajstić information content (AvgIpc) is 2.53. The van der Waals surface area contributed by atoms with Crippen LogP contribution in [-0.4, -0.2) is 22.9 Å². The Bertz CT molecular complexity index is 610. The minimum atomic E-state index is -1.11. The number of azide groups is 1. The van der Waals surface area contributed by atoms with Crippen LogP contribution in [0.25, 0.3) is 21.6 Å². The molecular formula is C15H15N3O2. The minimum absolute atomic E-state index is 0.159. The molecule has 0 aliphatic heterocycles. The monoisotopic (exact) mass is 269 g/mol. The maximum Gasteiger partial charge on any atom is 0.105 e. The van der Waals surface area contributed by atoms with Crippen LogP contribution >= 0.6 is 0 Å². The SMILES string of the molecule is [N-]=[N+]=NCC(O)C(O)c1cccc(-c2ccccc2)c1. The highest BCUT2D eigenvalue weighted by molar-refractivity contribution is 5.64. The summed E-state index contributed by atoms with van der Waals surface area (Å²) < 4.78 is 0. The summed E-state index contributed by atoms with van der Waals surface area (Å²) in [6, 6.07) is 17.1. The number of benzene rings is 2. The Morgan fingerprint density at radius 3 is 2.40 bits per heavy atom. The molecule has 102 valence electrons. The number of aliphatic hydroxyl groups is 2. The molecule has 2 unspecified atom stereocenters. The van der Waals surface area contributed by atoms with Crippen molar-refractivity contribution in [3.05, 3.63) is 70.6 Å². The van der Waals surface area contributed by atoms with Crippen molar-refractivity contribution in [1.29, 1.82) is 0 Å². The summed E-state index contributed by atoms with van der Waals surface area (Å²) in [6.45, 7) is -0.159. The molecule has 0 fully saturated rings. The van der Waals surface area contributed by atoms with Gasteiger partial charge in [0.1, 0.15) is 6.10 Å². The van der Waals surface area contributed by atoms with Gasteiger partial charge in [0.25, 0.3) is 0 Å². The standard InChI is InChI=1S/C15H15N3O2/c16-18-17-10-14(19)15(20)13-8-4-7-12(9-13)11-5-2-1-3-6-11/h1-9,14-15,19-20H,10H2. The zero-order chi connectivity index (χ0) is 14.4. The van der Waals surface area contributed by atoms with Crippen LogP contribution in [0, 0.1) is 0 Å². The van der Waals surface area contributed by atoms with Gasteiger partial charge in [0.05, 0.1) is 12.6 Å². The molecule has 2 rings (SSSR count). The maximum atomic E-state index is 10.1. The number of hydrogen-bond donors (Lipinski definition) is 2. The molecule has 0 aliphatic carbocycles. The predicted molar refractivity (Wildman–Crippen MR) is 76.9 cm³/mol. The zero-order valence-corrected chi connectivity index (χ0v) is 10.8. The van der Waals surface area contributed by atoms with Crippen molar-refractivity contribution >= 4 is 0 Å². The van der Waals surface area contributed by atoms with Gasteiger partial charge in [0, 0.05) is 4.91 Å².